The number of ether oxygens (including phenoxy) is 1. The second-order valence-corrected chi connectivity index (χ2v) is 5.80. The first-order valence-electron chi connectivity index (χ1n) is 6.54. The quantitative estimate of drug-likeness (QED) is 0.137. The Kier molecular flexibility index (Phi) is 9.54. The fourth-order valence-electron chi connectivity index (χ4n) is 1.76. The van der Waals surface area contributed by atoms with Gasteiger partial charge in [0, 0.05) is 6.07 Å². The fraction of sp³-hybridized carbons (Fsp3) is 0.500. The Labute approximate surface area is 152 Å². The first-order chi connectivity index (χ1) is 9.85. The number of benzene rings is 1. The molecular weight excluding hydrogens is 417 g/mol. The summed E-state index contributed by atoms with van der Waals surface area (Å²) in [6.45, 7) is 1.50. The highest BCUT2D eigenvalue weighted by Crippen LogP contribution is 2.27. The third-order valence-corrected chi connectivity index (χ3v) is 3.01. The number of isothiocyanates is 1. The number of rotatable bonds is 8. The van der Waals surface area contributed by atoms with Gasteiger partial charge in [-0.2, -0.15) is 0 Å². The molecule has 1 unspecified atom stereocenters. The molecule has 0 radical (unpaired) electrons. The highest BCUT2D eigenvalue weighted by molar-refractivity contribution is 7.78. The predicted molar refractivity (Wildman–Crippen MR) is 84.6 cm³/mol. The van der Waals surface area contributed by atoms with Crippen LogP contribution in [0, 0.1) is 10.1 Å². The van der Waals surface area contributed by atoms with Gasteiger partial charge in [-0.3, -0.25) is 10.1 Å². The average molecular weight is 437 g/mol. The van der Waals surface area contributed by atoms with E-state index >= 15 is 0 Å². The van der Waals surface area contributed by atoms with Crippen LogP contribution in [-0.2, 0) is 4.74 Å². The molecule has 0 amide bonds. The summed E-state index contributed by atoms with van der Waals surface area (Å²) in [5.41, 5.74) is 0.547. The highest BCUT2D eigenvalue weighted by Gasteiger charge is 2.22. The van der Waals surface area contributed by atoms with Crippen LogP contribution in [0.4, 0.5) is 5.69 Å². The molecule has 0 spiro atoms. The molecule has 6 nitrogen and oxygen atoms in total. The van der Waals surface area contributed by atoms with E-state index in [1.54, 1.807) is 18.2 Å². The molecule has 1 aromatic carbocycles. The minimum atomic E-state index is -0.492. The monoisotopic (exact) mass is 437 g/mol. The summed E-state index contributed by atoms with van der Waals surface area (Å²) in [5.74, 6) is 0. The van der Waals surface area contributed by atoms with Gasteiger partial charge in [-0.25, -0.2) is 4.99 Å². The summed E-state index contributed by atoms with van der Waals surface area (Å²) in [5, 5.41) is 13.4. The summed E-state index contributed by atoms with van der Waals surface area (Å²) < 4.78 is 6.55. The van der Waals surface area contributed by atoms with E-state index in [2.05, 4.69) is 43.5 Å². The molecule has 0 aliphatic carbocycles. The van der Waals surface area contributed by atoms with Gasteiger partial charge in [0.2, 0.25) is 0 Å². The number of hydrogen-bond acceptors (Lipinski definition) is 5. The zero-order valence-electron chi connectivity index (χ0n) is 12.9. The topological polar surface area (TPSA) is 64.7 Å². The molecule has 1 rings (SSSR count). The average Bonchev–Trinajstić information content (AvgIpc) is 2.41. The molecule has 122 valence electrons. The van der Waals surface area contributed by atoms with Crippen LogP contribution in [0.15, 0.2) is 29.3 Å². The van der Waals surface area contributed by atoms with Gasteiger partial charge in [0.1, 0.15) is 12.6 Å². The van der Waals surface area contributed by atoms with Gasteiger partial charge in [-0.05, 0) is 18.3 Å². The molecule has 0 fully saturated rings. The van der Waals surface area contributed by atoms with Crippen molar-refractivity contribution in [3.8, 4) is 0 Å². The van der Waals surface area contributed by atoms with E-state index in [0.29, 0.717) is 12.2 Å². The van der Waals surface area contributed by atoms with Gasteiger partial charge in [-0.1, -0.05) is 12.1 Å². The number of aliphatic imine (C=N–C) groups is 1. The summed E-state index contributed by atoms with van der Waals surface area (Å²) in [6.07, 6.45) is -0.492. The number of hydrogen-bond donors (Lipinski definition) is 0. The van der Waals surface area contributed by atoms with Crippen LogP contribution in [0.3, 0.4) is 0 Å². The van der Waals surface area contributed by atoms with Crippen LogP contribution < -0.4 is 24.0 Å². The molecule has 0 saturated carbocycles. The maximum atomic E-state index is 11.1. The largest absolute Gasteiger partial charge is 1.00 e. The van der Waals surface area contributed by atoms with Crippen molar-refractivity contribution >= 4 is 23.1 Å². The number of nitro groups is 1. The second-order valence-electron chi connectivity index (χ2n) is 5.62. The Hall–Kier alpha value is -0.930. The van der Waals surface area contributed by atoms with Crippen molar-refractivity contribution in [2.75, 3.05) is 40.8 Å². The minimum absolute atomic E-state index is 0. The summed E-state index contributed by atoms with van der Waals surface area (Å²) >= 11 is 4.57. The summed E-state index contributed by atoms with van der Waals surface area (Å²) in [6, 6.07) is 6.53. The lowest BCUT2D eigenvalue weighted by atomic mass is 10.1. The summed E-state index contributed by atoms with van der Waals surface area (Å²) in [4.78, 5) is 14.6. The molecule has 22 heavy (non-hydrogen) atoms. The third kappa shape index (κ3) is 7.37. The van der Waals surface area contributed by atoms with E-state index in [4.69, 9.17) is 4.74 Å². The van der Waals surface area contributed by atoms with Crippen LogP contribution in [0.25, 0.3) is 0 Å². The van der Waals surface area contributed by atoms with Crippen molar-refractivity contribution in [1.29, 1.82) is 0 Å². The number of nitrogens with zero attached hydrogens (tertiary/aromatic N) is 3. The Bertz CT molecular complexity index is 542. The maximum Gasteiger partial charge on any atom is 0.275 e. The summed E-state index contributed by atoms with van der Waals surface area (Å²) in [7, 11) is 6.16. The Morgan fingerprint density at radius 3 is 2.59 bits per heavy atom. The molecule has 0 aliphatic heterocycles. The Morgan fingerprint density at radius 2 is 2.05 bits per heavy atom. The number of nitro benzene ring substituents is 1. The zero-order chi connectivity index (χ0) is 15.9. The van der Waals surface area contributed by atoms with E-state index in [1.807, 2.05) is 0 Å². The van der Waals surface area contributed by atoms with E-state index in [1.165, 1.54) is 6.07 Å². The lowest BCUT2D eigenvalue weighted by molar-refractivity contribution is -0.870. The van der Waals surface area contributed by atoms with Crippen molar-refractivity contribution in [3.05, 3.63) is 39.9 Å². The fourth-order valence-corrected chi connectivity index (χ4v) is 1.83. The van der Waals surface area contributed by atoms with E-state index in [9.17, 15) is 10.1 Å². The van der Waals surface area contributed by atoms with Gasteiger partial charge in [0.25, 0.3) is 5.69 Å². The SMILES string of the molecule is C[N+](C)(C)CCOC(CN=C=S)c1ccccc1[N+](=O)[O-].[I-]. The lowest BCUT2D eigenvalue weighted by Crippen LogP contribution is -3.00. The lowest BCUT2D eigenvalue weighted by Gasteiger charge is -2.25. The molecule has 1 aromatic rings. The molecule has 0 aromatic heterocycles. The van der Waals surface area contributed by atoms with E-state index < -0.39 is 11.0 Å². The molecular formula is C14H20IN3O3S. The first-order valence-corrected chi connectivity index (χ1v) is 6.95. The van der Waals surface area contributed by atoms with Crippen molar-refractivity contribution in [1.82, 2.24) is 0 Å². The van der Waals surface area contributed by atoms with Gasteiger partial charge < -0.3 is 33.2 Å². The molecule has 0 saturated heterocycles. The van der Waals surface area contributed by atoms with Gasteiger partial charge in [-0.15, -0.1) is 0 Å². The van der Waals surface area contributed by atoms with E-state index in [0.717, 1.165) is 11.0 Å². The standard InChI is InChI=1S/C14H20N3O3S.HI/c1-17(2,3)8-9-20-14(10-15-11-21)12-6-4-5-7-13(12)16(18)19;/h4-7,14H,8-10H2,1-3H3;1H/q+1;/p-1. The predicted octanol–water partition coefficient (Wildman–Crippen LogP) is -0.534. The van der Waals surface area contributed by atoms with Crippen LogP contribution in [-0.4, -0.2) is 55.4 Å². The number of para-hydroxylation sites is 1. The van der Waals surface area contributed by atoms with Gasteiger partial charge in [0.05, 0.1) is 49.9 Å². The highest BCUT2D eigenvalue weighted by atomic mass is 127. The third-order valence-electron chi connectivity index (χ3n) is 2.88. The molecule has 0 N–H and O–H groups in total. The Balaban J connectivity index is 0.00000441. The van der Waals surface area contributed by atoms with Crippen LogP contribution in [0.1, 0.15) is 11.7 Å². The maximum absolute atomic E-state index is 11.1. The van der Waals surface area contributed by atoms with Crippen molar-refractivity contribution in [2.24, 2.45) is 4.99 Å². The molecule has 0 bridgehead atoms. The first kappa shape index (κ1) is 21.1. The van der Waals surface area contributed by atoms with Crippen LogP contribution >= 0.6 is 12.2 Å². The number of likely N-dealkylation sites (N-methyl/N-ethyl adjacent to an activating group) is 1. The van der Waals surface area contributed by atoms with Crippen LogP contribution in [0.5, 0.6) is 0 Å². The van der Waals surface area contributed by atoms with Crippen molar-refractivity contribution < 1.29 is 38.1 Å². The molecule has 1 atom stereocenters. The van der Waals surface area contributed by atoms with Crippen molar-refractivity contribution in [3.63, 3.8) is 0 Å². The van der Waals surface area contributed by atoms with Crippen molar-refractivity contribution in [2.45, 2.75) is 6.10 Å². The van der Waals surface area contributed by atoms with Crippen LogP contribution in [0.2, 0.25) is 0 Å². The van der Waals surface area contributed by atoms with Gasteiger partial charge >= 0.3 is 0 Å². The van der Waals surface area contributed by atoms with Gasteiger partial charge in [0.15, 0.2) is 0 Å². The Morgan fingerprint density at radius 1 is 1.41 bits per heavy atom. The zero-order valence-corrected chi connectivity index (χ0v) is 15.8. The second kappa shape index (κ2) is 9.96. The minimum Gasteiger partial charge on any atom is -1.00 e. The number of thiocarbonyl (C=S) groups is 1. The smallest absolute Gasteiger partial charge is 0.275 e. The van der Waals surface area contributed by atoms with E-state index in [-0.39, 0.29) is 36.2 Å². The molecule has 8 heteroatoms. The molecule has 0 heterocycles. The number of halogens is 1. The number of quaternary nitrogens is 1. The molecule has 0 aliphatic rings. The normalized spacial score (nSPS) is 12.0.